The topological polar surface area (TPSA) is 56.3 Å². The molecule has 1 aromatic rings. The summed E-state index contributed by atoms with van der Waals surface area (Å²) >= 11 is 0. The zero-order chi connectivity index (χ0) is 13.3. The van der Waals surface area contributed by atoms with E-state index in [4.69, 9.17) is 11.0 Å². The van der Waals surface area contributed by atoms with Crippen molar-refractivity contribution in [3.05, 3.63) is 29.8 Å². The van der Waals surface area contributed by atoms with Gasteiger partial charge in [-0.25, -0.2) is 0 Å². The van der Waals surface area contributed by atoms with Crippen LogP contribution < -0.4 is 10.6 Å². The number of hydrogen-bond acceptors (Lipinski definition) is 4. The van der Waals surface area contributed by atoms with Gasteiger partial charge < -0.3 is 10.6 Å². The molecule has 100 valence electrons. The van der Waals surface area contributed by atoms with Crippen molar-refractivity contribution >= 4 is 5.69 Å². The van der Waals surface area contributed by atoms with E-state index in [9.17, 15) is 0 Å². The molecule has 0 spiro atoms. The van der Waals surface area contributed by atoms with Crippen molar-refractivity contribution in [3.63, 3.8) is 0 Å². The predicted molar refractivity (Wildman–Crippen MR) is 76.0 cm³/mol. The average Bonchev–Trinajstić information content (AvgIpc) is 3.17. The second-order valence-electron chi connectivity index (χ2n) is 5.75. The lowest BCUT2D eigenvalue weighted by atomic mass is 10.1. The lowest BCUT2D eigenvalue weighted by Gasteiger charge is -2.37. The van der Waals surface area contributed by atoms with Crippen LogP contribution >= 0.6 is 0 Å². The maximum absolute atomic E-state index is 9.16. The molecule has 2 fully saturated rings. The second kappa shape index (κ2) is 4.84. The van der Waals surface area contributed by atoms with Gasteiger partial charge in [-0.15, -0.1) is 0 Å². The van der Waals surface area contributed by atoms with Crippen LogP contribution in [0.2, 0.25) is 0 Å². The lowest BCUT2D eigenvalue weighted by molar-refractivity contribution is 0.236. The highest BCUT2D eigenvalue weighted by Gasteiger charge is 2.40. The van der Waals surface area contributed by atoms with Crippen molar-refractivity contribution < 1.29 is 0 Å². The summed E-state index contributed by atoms with van der Waals surface area (Å²) in [5.74, 6) is 0. The van der Waals surface area contributed by atoms with Gasteiger partial charge in [0.2, 0.25) is 0 Å². The number of nitrogens with zero attached hydrogens (tertiary/aromatic N) is 3. The number of para-hydroxylation sites is 1. The molecule has 4 nitrogen and oxygen atoms in total. The van der Waals surface area contributed by atoms with Crippen molar-refractivity contribution in [1.82, 2.24) is 4.90 Å². The number of benzene rings is 1. The van der Waals surface area contributed by atoms with Crippen LogP contribution in [0.15, 0.2) is 24.3 Å². The van der Waals surface area contributed by atoms with Gasteiger partial charge in [-0.1, -0.05) is 12.1 Å². The Morgan fingerprint density at radius 1 is 1.16 bits per heavy atom. The zero-order valence-corrected chi connectivity index (χ0v) is 11.2. The van der Waals surface area contributed by atoms with Crippen LogP contribution in [-0.2, 0) is 0 Å². The van der Waals surface area contributed by atoms with E-state index in [2.05, 4.69) is 15.9 Å². The van der Waals surface area contributed by atoms with E-state index in [0.29, 0.717) is 0 Å². The Bertz CT molecular complexity index is 493. The molecule has 0 unspecified atom stereocenters. The summed E-state index contributed by atoms with van der Waals surface area (Å²) in [6.07, 6.45) is 2.34. The van der Waals surface area contributed by atoms with E-state index < -0.39 is 0 Å². The van der Waals surface area contributed by atoms with Crippen molar-refractivity contribution in [2.75, 3.05) is 37.6 Å². The Morgan fingerprint density at radius 3 is 2.47 bits per heavy atom. The van der Waals surface area contributed by atoms with Gasteiger partial charge in [0.1, 0.15) is 6.07 Å². The molecule has 1 saturated heterocycles. The summed E-state index contributed by atoms with van der Waals surface area (Å²) in [5.41, 5.74) is 8.11. The van der Waals surface area contributed by atoms with E-state index in [1.54, 1.807) is 0 Å². The molecule has 1 heterocycles. The zero-order valence-electron chi connectivity index (χ0n) is 11.2. The van der Waals surface area contributed by atoms with E-state index in [1.165, 1.54) is 12.8 Å². The van der Waals surface area contributed by atoms with Crippen LogP contribution in [0.3, 0.4) is 0 Å². The summed E-state index contributed by atoms with van der Waals surface area (Å²) in [6.45, 7) is 5.07. The highest BCUT2D eigenvalue weighted by atomic mass is 15.3. The van der Waals surface area contributed by atoms with Crippen LogP contribution in [0.4, 0.5) is 5.69 Å². The second-order valence-corrected chi connectivity index (χ2v) is 5.75. The highest BCUT2D eigenvalue weighted by molar-refractivity contribution is 5.59. The van der Waals surface area contributed by atoms with Gasteiger partial charge in [-0.05, 0) is 25.0 Å². The Morgan fingerprint density at radius 2 is 1.84 bits per heavy atom. The Balaban J connectivity index is 1.62. The summed E-state index contributed by atoms with van der Waals surface area (Å²) in [4.78, 5) is 4.77. The highest BCUT2D eigenvalue weighted by Crippen LogP contribution is 2.33. The number of nitriles is 1. The number of nitrogens with two attached hydrogens (primary N) is 1. The number of anilines is 1. The summed E-state index contributed by atoms with van der Waals surface area (Å²) < 4.78 is 0. The minimum atomic E-state index is 0.104. The standard InChI is InChI=1S/C15H20N4/c16-11-13-3-1-2-4-14(13)19-9-7-18(8-10-19)12-15(17)5-6-15/h1-4H,5-10,12,17H2. The fraction of sp³-hybridized carbons (Fsp3) is 0.533. The minimum absolute atomic E-state index is 0.104. The third-order valence-corrected chi connectivity index (χ3v) is 4.17. The van der Waals surface area contributed by atoms with Gasteiger partial charge >= 0.3 is 0 Å². The molecule has 1 aliphatic carbocycles. The lowest BCUT2D eigenvalue weighted by Crippen LogP contribution is -2.50. The molecule has 2 aliphatic rings. The first-order valence-corrected chi connectivity index (χ1v) is 6.96. The predicted octanol–water partition coefficient (Wildman–Crippen LogP) is 1.17. The van der Waals surface area contributed by atoms with Crippen molar-refractivity contribution in [2.45, 2.75) is 18.4 Å². The number of hydrogen-bond donors (Lipinski definition) is 1. The molecule has 1 aromatic carbocycles. The van der Waals surface area contributed by atoms with E-state index in [1.807, 2.05) is 24.3 Å². The third-order valence-electron chi connectivity index (χ3n) is 4.17. The summed E-state index contributed by atoms with van der Waals surface area (Å²) in [5, 5.41) is 9.16. The molecule has 0 radical (unpaired) electrons. The van der Waals surface area contributed by atoms with Gasteiger partial charge in [0, 0.05) is 38.3 Å². The quantitative estimate of drug-likeness (QED) is 0.882. The van der Waals surface area contributed by atoms with Crippen LogP contribution in [0.25, 0.3) is 0 Å². The van der Waals surface area contributed by atoms with Crippen molar-refractivity contribution in [1.29, 1.82) is 5.26 Å². The minimum Gasteiger partial charge on any atom is -0.368 e. The van der Waals surface area contributed by atoms with Gasteiger partial charge in [-0.2, -0.15) is 5.26 Å². The Kier molecular flexibility index (Phi) is 3.17. The first-order chi connectivity index (χ1) is 9.20. The van der Waals surface area contributed by atoms with Gasteiger partial charge in [0.05, 0.1) is 11.3 Å². The normalized spacial score (nSPS) is 22.0. The van der Waals surface area contributed by atoms with Crippen LogP contribution in [0.5, 0.6) is 0 Å². The molecule has 3 rings (SSSR count). The molecule has 4 heteroatoms. The molecule has 0 aromatic heterocycles. The SMILES string of the molecule is N#Cc1ccccc1N1CCN(CC2(N)CC2)CC1. The monoisotopic (exact) mass is 256 g/mol. The molecular formula is C15H20N4. The summed E-state index contributed by atoms with van der Waals surface area (Å²) in [7, 11) is 0. The molecular weight excluding hydrogens is 236 g/mol. The fourth-order valence-electron chi connectivity index (χ4n) is 2.75. The van der Waals surface area contributed by atoms with Crippen molar-refractivity contribution in [3.8, 4) is 6.07 Å². The molecule has 0 amide bonds. The third kappa shape index (κ3) is 2.73. The smallest absolute Gasteiger partial charge is 0.101 e. The number of piperazine rings is 1. The van der Waals surface area contributed by atoms with Gasteiger partial charge in [0.15, 0.2) is 0 Å². The van der Waals surface area contributed by atoms with Crippen LogP contribution in [0, 0.1) is 11.3 Å². The van der Waals surface area contributed by atoms with E-state index in [0.717, 1.165) is 44.0 Å². The summed E-state index contributed by atoms with van der Waals surface area (Å²) in [6, 6.07) is 10.1. The largest absolute Gasteiger partial charge is 0.368 e. The van der Waals surface area contributed by atoms with Crippen molar-refractivity contribution in [2.24, 2.45) is 5.73 Å². The van der Waals surface area contributed by atoms with Crippen LogP contribution in [-0.4, -0.2) is 43.2 Å². The fourth-order valence-corrected chi connectivity index (χ4v) is 2.75. The maximum Gasteiger partial charge on any atom is 0.101 e. The molecule has 0 atom stereocenters. The first-order valence-electron chi connectivity index (χ1n) is 6.96. The average molecular weight is 256 g/mol. The molecule has 0 bridgehead atoms. The molecule has 19 heavy (non-hydrogen) atoms. The molecule has 2 N–H and O–H groups in total. The number of rotatable bonds is 3. The molecule has 1 saturated carbocycles. The van der Waals surface area contributed by atoms with Gasteiger partial charge in [-0.3, -0.25) is 4.90 Å². The van der Waals surface area contributed by atoms with Crippen LogP contribution in [0.1, 0.15) is 18.4 Å². The molecule has 1 aliphatic heterocycles. The van der Waals surface area contributed by atoms with E-state index in [-0.39, 0.29) is 5.54 Å². The van der Waals surface area contributed by atoms with E-state index >= 15 is 0 Å². The Labute approximate surface area is 114 Å². The maximum atomic E-state index is 9.16. The Hall–Kier alpha value is -1.57. The first kappa shape index (κ1) is 12.5. The van der Waals surface area contributed by atoms with Gasteiger partial charge in [0.25, 0.3) is 0 Å².